The van der Waals surface area contributed by atoms with E-state index in [4.69, 9.17) is 4.43 Å². The lowest BCUT2D eigenvalue weighted by molar-refractivity contribution is 0.304. The fourth-order valence-corrected chi connectivity index (χ4v) is 9.22. The highest BCUT2D eigenvalue weighted by atomic mass is 28.4. The lowest BCUT2D eigenvalue weighted by atomic mass is 10.1. The van der Waals surface area contributed by atoms with E-state index >= 15 is 0 Å². The molecule has 0 saturated heterocycles. The van der Waals surface area contributed by atoms with Gasteiger partial charge >= 0.3 is 0 Å². The van der Waals surface area contributed by atoms with Crippen LogP contribution in [0.25, 0.3) is 0 Å². The second-order valence-corrected chi connectivity index (χ2v) is 12.8. The Balaban J connectivity index is 2.59. The van der Waals surface area contributed by atoms with Crippen LogP contribution >= 0.6 is 0 Å². The summed E-state index contributed by atoms with van der Waals surface area (Å²) in [6, 6.07) is 10.6. The summed E-state index contributed by atoms with van der Waals surface area (Å²) >= 11 is 0. The van der Waals surface area contributed by atoms with Gasteiger partial charge in [0.2, 0.25) is 8.32 Å². The van der Waals surface area contributed by atoms with E-state index in [2.05, 4.69) is 78.5 Å². The van der Waals surface area contributed by atoms with E-state index in [0.717, 1.165) is 19.4 Å². The molecule has 1 aromatic rings. The highest BCUT2D eigenvalue weighted by Gasteiger charge is 2.44. The Labute approximate surface area is 138 Å². The highest BCUT2D eigenvalue weighted by molar-refractivity contribution is 6.77. The second kappa shape index (κ2) is 8.69. The van der Waals surface area contributed by atoms with Crippen molar-refractivity contribution in [1.29, 1.82) is 0 Å². The van der Waals surface area contributed by atoms with Gasteiger partial charge in [0.15, 0.2) is 0 Å². The molecule has 0 aromatic heterocycles. The van der Waals surface area contributed by atoms with Gasteiger partial charge in [-0.25, -0.2) is 0 Å². The largest absolute Gasteiger partial charge is 0.412 e. The van der Waals surface area contributed by atoms with Gasteiger partial charge in [0.25, 0.3) is 0 Å². The predicted octanol–water partition coefficient (Wildman–Crippen LogP) is 6.37. The van der Waals surface area contributed by atoms with Crippen molar-refractivity contribution >= 4 is 8.32 Å². The topological polar surface area (TPSA) is 9.23 Å². The Kier molecular flexibility index (Phi) is 7.57. The predicted molar refractivity (Wildman–Crippen MR) is 101 cm³/mol. The molecule has 1 aromatic carbocycles. The Hall–Kier alpha value is -0.863. The molecule has 124 valence electrons. The standard InChI is InChI=1S/C20H34OSi/c1-16(2)22(17(3)4,18(5)6)21-15-19(7)13-14-20-11-9-8-10-12-20/h8-12,16-18H,7,13-15H2,1-6H3. The smallest absolute Gasteiger partial charge is 0.200 e. The zero-order valence-electron chi connectivity index (χ0n) is 15.4. The number of rotatable bonds is 9. The average molecular weight is 319 g/mol. The van der Waals surface area contributed by atoms with Gasteiger partial charge in [0.05, 0.1) is 6.61 Å². The Bertz CT molecular complexity index is 426. The Morgan fingerprint density at radius 2 is 1.45 bits per heavy atom. The molecule has 0 aliphatic carbocycles. The molecule has 1 nitrogen and oxygen atoms in total. The SMILES string of the molecule is C=C(CCc1ccccc1)CO[Si](C(C)C)(C(C)C)C(C)C. The minimum Gasteiger partial charge on any atom is -0.412 e. The van der Waals surface area contributed by atoms with Crippen molar-refractivity contribution in [3.8, 4) is 0 Å². The molecule has 0 atom stereocenters. The molecule has 0 heterocycles. The van der Waals surface area contributed by atoms with Crippen LogP contribution in [0.3, 0.4) is 0 Å². The van der Waals surface area contributed by atoms with Crippen LogP contribution in [0.1, 0.15) is 53.5 Å². The summed E-state index contributed by atoms with van der Waals surface area (Å²) < 4.78 is 6.60. The first-order chi connectivity index (χ1) is 10.3. The molecular weight excluding hydrogens is 284 g/mol. The molecule has 0 N–H and O–H groups in total. The van der Waals surface area contributed by atoms with E-state index in [1.807, 2.05) is 0 Å². The lowest BCUT2D eigenvalue weighted by Gasteiger charge is -2.42. The molecule has 0 fully saturated rings. The summed E-state index contributed by atoms with van der Waals surface area (Å²) in [5.74, 6) is 0. The van der Waals surface area contributed by atoms with Crippen LogP contribution in [-0.4, -0.2) is 14.9 Å². The molecule has 0 spiro atoms. The van der Waals surface area contributed by atoms with Gasteiger partial charge in [-0.3, -0.25) is 0 Å². The molecule has 0 aliphatic rings. The third-order valence-corrected chi connectivity index (χ3v) is 10.9. The molecule has 0 radical (unpaired) electrons. The van der Waals surface area contributed by atoms with Crippen LogP contribution in [-0.2, 0) is 10.8 Å². The molecular formula is C20H34OSi. The van der Waals surface area contributed by atoms with Crippen molar-refractivity contribution in [3.05, 3.63) is 48.0 Å². The Morgan fingerprint density at radius 1 is 0.955 bits per heavy atom. The minimum absolute atomic E-state index is 0.634. The zero-order valence-corrected chi connectivity index (χ0v) is 16.4. The summed E-state index contributed by atoms with van der Waals surface area (Å²) in [6.07, 6.45) is 2.07. The van der Waals surface area contributed by atoms with Crippen molar-refractivity contribution in [2.24, 2.45) is 0 Å². The summed E-state index contributed by atoms with van der Waals surface area (Å²) in [5, 5.41) is 0. The van der Waals surface area contributed by atoms with Crippen molar-refractivity contribution in [3.63, 3.8) is 0 Å². The first kappa shape index (κ1) is 19.2. The lowest BCUT2D eigenvalue weighted by Crippen LogP contribution is -2.48. The molecule has 22 heavy (non-hydrogen) atoms. The molecule has 0 saturated carbocycles. The summed E-state index contributed by atoms with van der Waals surface area (Å²) in [4.78, 5) is 0. The summed E-state index contributed by atoms with van der Waals surface area (Å²) in [6.45, 7) is 19.0. The maximum Gasteiger partial charge on any atom is 0.200 e. The van der Waals surface area contributed by atoms with Gasteiger partial charge < -0.3 is 4.43 Å². The van der Waals surface area contributed by atoms with E-state index in [9.17, 15) is 0 Å². The number of aryl methyl sites for hydroxylation is 1. The molecule has 2 heteroatoms. The maximum absolute atomic E-state index is 6.60. The van der Waals surface area contributed by atoms with Crippen LogP contribution in [0.4, 0.5) is 0 Å². The van der Waals surface area contributed by atoms with E-state index < -0.39 is 8.32 Å². The number of hydrogen-bond donors (Lipinski definition) is 0. The van der Waals surface area contributed by atoms with Crippen LogP contribution in [0.2, 0.25) is 16.6 Å². The van der Waals surface area contributed by atoms with E-state index in [1.54, 1.807) is 0 Å². The molecule has 0 bridgehead atoms. The fourth-order valence-electron chi connectivity index (χ4n) is 3.77. The van der Waals surface area contributed by atoms with Crippen molar-refractivity contribution in [1.82, 2.24) is 0 Å². The monoisotopic (exact) mass is 318 g/mol. The molecule has 0 unspecified atom stereocenters. The van der Waals surface area contributed by atoms with Crippen LogP contribution in [0.5, 0.6) is 0 Å². The fraction of sp³-hybridized carbons (Fsp3) is 0.600. The third-order valence-electron chi connectivity index (χ3n) is 4.84. The Morgan fingerprint density at radius 3 is 1.91 bits per heavy atom. The first-order valence-corrected chi connectivity index (χ1v) is 10.8. The van der Waals surface area contributed by atoms with Crippen molar-refractivity contribution in [2.45, 2.75) is 71.0 Å². The summed E-state index contributed by atoms with van der Waals surface area (Å²) in [7, 11) is -1.76. The molecule has 0 amide bonds. The van der Waals surface area contributed by atoms with Crippen LogP contribution in [0, 0.1) is 0 Å². The van der Waals surface area contributed by atoms with Gasteiger partial charge in [0, 0.05) is 0 Å². The van der Waals surface area contributed by atoms with Gasteiger partial charge in [-0.1, -0.05) is 84.0 Å². The zero-order chi connectivity index (χ0) is 16.8. The highest BCUT2D eigenvalue weighted by Crippen LogP contribution is 2.42. The summed E-state index contributed by atoms with van der Waals surface area (Å²) in [5.41, 5.74) is 4.50. The van der Waals surface area contributed by atoms with Gasteiger partial charge in [0.1, 0.15) is 0 Å². The third kappa shape index (κ3) is 4.82. The van der Waals surface area contributed by atoms with Gasteiger partial charge in [-0.2, -0.15) is 0 Å². The van der Waals surface area contributed by atoms with E-state index in [1.165, 1.54) is 11.1 Å². The van der Waals surface area contributed by atoms with E-state index in [-0.39, 0.29) is 0 Å². The van der Waals surface area contributed by atoms with Gasteiger partial charge in [-0.05, 0) is 35.0 Å². The molecule has 1 rings (SSSR count). The normalized spacial score (nSPS) is 12.4. The number of hydrogen-bond acceptors (Lipinski definition) is 1. The van der Waals surface area contributed by atoms with Crippen LogP contribution < -0.4 is 0 Å². The maximum atomic E-state index is 6.60. The number of benzene rings is 1. The average Bonchev–Trinajstić information content (AvgIpc) is 2.45. The molecule has 0 aliphatic heterocycles. The first-order valence-electron chi connectivity index (χ1n) is 8.65. The van der Waals surface area contributed by atoms with Crippen LogP contribution in [0.15, 0.2) is 42.5 Å². The van der Waals surface area contributed by atoms with Crippen molar-refractivity contribution in [2.75, 3.05) is 6.61 Å². The quantitative estimate of drug-likeness (QED) is 0.380. The second-order valence-electron chi connectivity index (χ2n) is 7.34. The van der Waals surface area contributed by atoms with Gasteiger partial charge in [-0.15, -0.1) is 0 Å². The van der Waals surface area contributed by atoms with E-state index in [0.29, 0.717) is 16.6 Å². The minimum atomic E-state index is -1.76. The van der Waals surface area contributed by atoms with Crippen molar-refractivity contribution < 1.29 is 4.43 Å².